The lowest BCUT2D eigenvalue weighted by atomic mass is 9.96. The summed E-state index contributed by atoms with van der Waals surface area (Å²) in [6, 6.07) is 7.52. The van der Waals surface area contributed by atoms with Crippen molar-refractivity contribution in [1.82, 2.24) is 9.21 Å². The van der Waals surface area contributed by atoms with Gasteiger partial charge in [-0.25, -0.2) is 8.42 Å². The van der Waals surface area contributed by atoms with Crippen molar-refractivity contribution in [3.63, 3.8) is 0 Å². The zero-order valence-corrected chi connectivity index (χ0v) is 16.0. The van der Waals surface area contributed by atoms with E-state index in [1.165, 1.54) is 9.87 Å². The topological polar surface area (TPSA) is 81.5 Å². The minimum atomic E-state index is -3.50. The van der Waals surface area contributed by atoms with Gasteiger partial charge in [-0.05, 0) is 55.4 Å². The van der Waals surface area contributed by atoms with E-state index in [1.54, 1.807) is 18.0 Å². The molecule has 0 aromatic heterocycles. The van der Waals surface area contributed by atoms with E-state index < -0.39 is 10.0 Å². The number of nitrogens with zero attached hydrogens (tertiary/aromatic N) is 3. The molecule has 6 nitrogen and oxygen atoms in total. The lowest BCUT2D eigenvalue weighted by Crippen LogP contribution is -2.43. The molecule has 1 aromatic rings. The molecule has 1 aliphatic carbocycles. The third-order valence-electron chi connectivity index (χ3n) is 5.45. The number of fused-ring (bicyclic) bond motifs is 1. The number of rotatable bonds is 5. The second-order valence-corrected chi connectivity index (χ2v) is 9.07. The predicted molar refractivity (Wildman–Crippen MR) is 97.8 cm³/mol. The van der Waals surface area contributed by atoms with Crippen molar-refractivity contribution in [2.45, 2.75) is 43.4 Å². The van der Waals surface area contributed by atoms with Gasteiger partial charge in [-0.1, -0.05) is 6.07 Å². The molecule has 7 heteroatoms. The number of aryl methyl sites for hydroxylation is 2. The van der Waals surface area contributed by atoms with Crippen molar-refractivity contribution in [3.8, 4) is 6.07 Å². The molecular formula is C19H25N3O3S. The molecule has 140 valence electrons. The molecule has 0 spiro atoms. The van der Waals surface area contributed by atoms with Crippen LogP contribution in [0.15, 0.2) is 23.1 Å². The molecule has 1 aliphatic heterocycles. The first kappa shape index (κ1) is 18.9. The summed E-state index contributed by atoms with van der Waals surface area (Å²) < 4.78 is 27.4. The molecule has 0 N–H and O–H groups in total. The van der Waals surface area contributed by atoms with Gasteiger partial charge in [-0.15, -0.1) is 0 Å². The van der Waals surface area contributed by atoms with E-state index in [4.69, 9.17) is 5.26 Å². The molecule has 1 heterocycles. The van der Waals surface area contributed by atoms with Gasteiger partial charge in [0.25, 0.3) is 0 Å². The molecule has 1 amide bonds. The highest BCUT2D eigenvalue weighted by Crippen LogP contribution is 2.29. The number of hydrogen-bond donors (Lipinski definition) is 0. The molecular weight excluding hydrogens is 350 g/mol. The third-order valence-corrected chi connectivity index (χ3v) is 7.34. The van der Waals surface area contributed by atoms with Crippen LogP contribution in [0.3, 0.4) is 0 Å². The highest BCUT2D eigenvalue weighted by molar-refractivity contribution is 7.89. The van der Waals surface area contributed by atoms with Gasteiger partial charge >= 0.3 is 0 Å². The lowest BCUT2D eigenvalue weighted by Gasteiger charge is -2.32. The van der Waals surface area contributed by atoms with E-state index >= 15 is 0 Å². The van der Waals surface area contributed by atoms with E-state index in [9.17, 15) is 13.2 Å². The largest absolute Gasteiger partial charge is 0.344 e. The smallest absolute Gasteiger partial charge is 0.243 e. The second-order valence-electron chi connectivity index (χ2n) is 7.13. The van der Waals surface area contributed by atoms with Gasteiger partial charge in [-0.2, -0.15) is 9.57 Å². The normalized spacial score (nSPS) is 18.3. The maximum Gasteiger partial charge on any atom is 0.243 e. The molecule has 0 saturated carbocycles. The Morgan fingerprint density at radius 3 is 2.65 bits per heavy atom. The Balaban J connectivity index is 1.64. The summed E-state index contributed by atoms with van der Waals surface area (Å²) in [5.41, 5.74) is 2.41. The molecule has 1 aromatic carbocycles. The van der Waals surface area contributed by atoms with Crippen molar-refractivity contribution in [3.05, 3.63) is 29.3 Å². The number of carbonyl (C=O) groups excluding carboxylic acids is 1. The molecule has 0 atom stereocenters. The van der Waals surface area contributed by atoms with Gasteiger partial charge < -0.3 is 4.90 Å². The molecule has 0 unspecified atom stereocenters. The van der Waals surface area contributed by atoms with E-state index in [1.807, 2.05) is 18.2 Å². The van der Waals surface area contributed by atoms with Crippen LogP contribution in [0.2, 0.25) is 0 Å². The predicted octanol–water partition coefficient (Wildman–Crippen LogP) is 1.95. The molecule has 1 saturated heterocycles. The van der Waals surface area contributed by atoms with E-state index in [2.05, 4.69) is 0 Å². The Morgan fingerprint density at radius 2 is 1.96 bits per heavy atom. The Kier molecular flexibility index (Phi) is 5.64. The molecule has 3 rings (SSSR count). The van der Waals surface area contributed by atoms with Gasteiger partial charge in [-0.3, -0.25) is 4.79 Å². The summed E-state index contributed by atoms with van der Waals surface area (Å²) in [4.78, 5) is 14.4. The Bertz CT molecular complexity index is 821. The number of hydrogen-bond acceptors (Lipinski definition) is 4. The monoisotopic (exact) mass is 375 g/mol. The Labute approximate surface area is 155 Å². The summed E-state index contributed by atoms with van der Waals surface area (Å²) in [6.07, 6.45) is 4.44. The van der Waals surface area contributed by atoms with Crippen molar-refractivity contribution in [2.24, 2.45) is 5.92 Å². The zero-order chi connectivity index (χ0) is 18.7. The number of nitriles is 1. The molecule has 1 fully saturated rings. The van der Waals surface area contributed by atoms with Gasteiger partial charge in [0.2, 0.25) is 15.9 Å². The van der Waals surface area contributed by atoms with Gasteiger partial charge in [0.05, 0.1) is 17.4 Å². The molecule has 26 heavy (non-hydrogen) atoms. The Morgan fingerprint density at radius 1 is 1.27 bits per heavy atom. The summed E-state index contributed by atoms with van der Waals surface area (Å²) in [7, 11) is -1.80. The fraction of sp³-hybridized carbons (Fsp3) is 0.579. The van der Waals surface area contributed by atoms with Crippen LogP contribution in [0.4, 0.5) is 0 Å². The minimum Gasteiger partial charge on any atom is -0.344 e. The van der Waals surface area contributed by atoms with Crippen molar-refractivity contribution >= 4 is 15.9 Å². The maximum absolute atomic E-state index is 12.9. The highest BCUT2D eigenvalue weighted by atomic mass is 32.2. The maximum atomic E-state index is 12.9. The van der Waals surface area contributed by atoms with Gasteiger partial charge in [0.1, 0.15) is 0 Å². The van der Waals surface area contributed by atoms with Crippen LogP contribution < -0.4 is 0 Å². The number of carbonyl (C=O) groups is 1. The first-order valence-corrected chi connectivity index (χ1v) is 10.6. The highest BCUT2D eigenvalue weighted by Gasteiger charge is 2.33. The van der Waals surface area contributed by atoms with Crippen LogP contribution in [0.1, 0.15) is 36.8 Å². The van der Waals surface area contributed by atoms with E-state index in [-0.39, 0.29) is 11.8 Å². The second kappa shape index (κ2) is 7.77. The minimum absolute atomic E-state index is 0.00910. The molecule has 2 aliphatic rings. The van der Waals surface area contributed by atoms with E-state index in [0.29, 0.717) is 43.8 Å². The number of piperidine rings is 1. The average Bonchev–Trinajstić information content (AvgIpc) is 3.13. The van der Waals surface area contributed by atoms with Crippen LogP contribution in [0.5, 0.6) is 0 Å². The summed E-state index contributed by atoms with van der Waals surface area (Å²) in [6.45, 7) is 1.15. The first-order chi connectivity index (χ1) is 12.4. The van der Waals surface area contributed by atoms with Gasteiger partial charge in [0, 0.05) is 32.6 Å². The average molecular weight is 375 g/mol. The van der Waals surface area contributed by atoms with Crippen LogP contribution in [0.25, 0.3) is 0 Å². The fourth-order valence-electron chi connectivity index (χ4n) is 3.84. The molecule has 0 bridgehead atoms. The SMILES string of the molecule is CN(CCC#N)C(=O)C1CCN(S(=O)(=O)c2ccc3c(c2)CCC3)CC1. The number of sulfonamides is 1. The van der Waals surface area contributed by atoms with Crippen LogP contribution >= 0.6 is 0 Å². The first-order valence-electron chi connectivity index (χ1n) is 9.17. The van der Waals surface area contributed by atoms with Crippen LogP contribution in [-0.4, -0.2) is 50.2 Å². The standard InChI is InChI=1S/C19H25N3O3S/c1-21(11-3-10-20)19(23)16-8-12-22(13-9-16)26(24,25)18-7-6-15-4-2-5-17(15)14-18/h6-7,14,16H,2-5,8-9,11-13H2,1H3. The number of benzene rings is 1. The molecule has 0 radical (unpaired) electrons. The van der Waals surface area contributed by atoms with Crippen LogP contribution in [-0.2, 0) is 27.7 Å². The Hall–Kier alpha value is -1.91. The summed E-state index contributed by atoms with van der Waals surface area (Å²) in [5, 5.41) is 8.64. The van der Waals surface area contributed by atoms with Crippen molar-refractivity contribution in [2.75, 3.05) is 26.7 Å². The zero-order valence-electron chi connectivity index (χ0n) is 15.1. The summed E-state index contributed by atoms with van der Waals surface area (Å²) >= 11 is 0. The lowest BCUT2D eigenvalue weighted by molar-refractivity contribution is -0.135. The summed E-state index contributed by atoms with van der Waals surface area (Å²) in [5.74, 6) is -0.153. The third kappa shape index (κ3) is 3.76. The van der Waals surface area contributed by atoms with Crippen molar-refractivity contribution in [1.29, 1.82) is 5.26 Å². The van der Waals surface area contributed by atoms with Gasteiger partial charge in [0.15, 0.2) is 0 Å². The van der Waals surface area contributed by atoms with Crippen LogP contribution in [0, 0.1) is 17.2 Å². The van der Waals surface area contributed by atoms with E-state index in [0.717, 1.165) is 24.8 Å². The fourth-order valence-corrected chi connectivity index (χ4v) is 5.36. The van der Waals surface area contributed by atoms with Crippen molar-refractivity contribution < 1.29 is 13.2 Å². The number of amides is 1. The quantitative estimate of drug-likeness (QED) is 0.788.